The molecule has 1 fully saturated rings. The normalized spacial score (nSPS) is 18.4. The molecule has 1 saturated heterocycles. The topological polar surface area (TPSA) is 69.7 Å². The van der Waals surface area contributed by atoms with Gasteiger partial charge in [0.15, 0.2) is 0 Å². The molecular formula is C21H19F2N3O3. The van der Waals surface area contributed by atoms with Crippen LogP contribution in [0.4, 0.5) is 20.2 Å². The monoisotopic (exact) mass is 399 g/mol. The van der Waals surface area contributed by atoms with Crippen molar-refractivity contribution in [3.05, 3.63) is 59.2 Å². The summed E-state index contributed by atoms with van der Waals surface area (Å²) in [6, 6.07) is 6.90. The molecule has 2 heterocycles. The summed E-state index contributed by atoms with van der Waals surface area (Å²) in [5, 5.41) is 2.67. The van der Waals surface area contributed by atoms with E-state index in [1.807, 2.05) is 0 Å². The second-order valence-electron chi connectivity index (χ2n) is 7.25. The van der Waals surface area contributed by atoms with Crippen LogP contribution in [0.2, 0.25) is 0 Å². The molecular weight excluding hydrogens is 380 g/mol. The van der Waals surface area contributed by atoms with E-state index in [1.54, 1.807) is 6.92 Å². The zero-order chi connectivity index (χ0) is 20.7. The molecule has 6 nitrogen and oxygen atoms in total. The number of hydrogen-bond acceptors (Lipinski definition) is 3. The lowest BCUT2D eigenvalue weighted by molar-refractivity contribution is -0.124. The number of carbonyl (C=O) groups is 3. The van der Waals surface area contributed by atoms with Crippen molar-refractivity contribution >= 4 is 29.1 Å². The van der Waals surface area contributed by atoms with Crippen molar-refractivity contribution in [2.24, 2.45) is 0 Å². The van der Waals surface area contributed by atoms with Crippen LogP contribution in [-0.4, -0.2) is 41.8 Å². The van der Waals surface area contributed by atoms with Crippen LogP contribution in [0.1, 0.15) is 28.8 Å². The molecule has 2 aromatic rings. The van der Waals surface area contributed by atoms with Crippen LogP contribution in [0.25, 0.3) is 0 Å². The second-order valence-corrected chi connectivity index (χ2v) is 7.25. The van der Waals surface area contributed by atoms with Gasteiger partial charge < -0.3 is 15.1 Å². The van der Waals surface area contributed by atoms with Crippen molar-refractivity contribution in [3.8, 4) is 0 Å². The molecule has 2 aliphatic rings. The van der Waals surface area contributed by atoms with Gasteiger partial charge in [-0.15, -0.1) is 0 Å². The predicted molar refractivity (Wildman–Crippen MR) is 103 cm³/mol. The van der Waals surface area contributed by atoms with Gasteiger partial charge in [0.25, 0.3) is 5.91 Å². The number of rotatable bonds is 3. The summed E-state index contributed by atoms with van der Waals surface area (Å²) in [7, 11) is 0. The van der Waals surface area contributed by atoms with Crippen LogP contribution in [-0.2, 0) is 9.59 Å². The summed E-state index contributed by atoms with van der Waals surface area (Å²) in [6.45, 7) is 1.73. The van der Waals surface area contributed by atoms with Gasteiger partial charge in [-0.2, -0.15) is 0 Å². The number of hydrogen-bond donors (Lipinski definition) is 1. The summed E-state index contributed by atoms with van der Waals surface area (Å²) >= 11 is 0. The van der Waals surface area contributed by atoms with E-state index in [9.17, 15) is 23.2 Å². The van der Waals surface area contributed by atoms with Crippen molar-refractivity contribution in [2.75, 3.05) is 23.3 Å². The van der Waals surface area contributed by atoms with Crippen molar-refractivity contribution in [3.63, 3.8) is 0 Å². The average Bonchev–Trinajstić information content (AvgIpc) is 3.15. The van der Waals surface area contributed by atoms with Gasteiger partial charge in [0.1, 0.15) is 24.2 Å². The van der Waals surface area contributed by atoms with Crippen LogP contribution in [0, 0.1) is 18.6 Å². The molecule has 0 spiro atoms. The van der Waals surface area contributed by atoms with Crippen molar-refractivity contribution in [2.45, 2.75) is 25.8 Å². The average molecular weight is 399 g/mol. The first-order valence-corrected chi connectivity index (χ1v) is 9.33. The summed E-state index contributed by atoms with van der Waals surface area (Å²) in [6.07, 6.45) is 1.16. The first-order chi connectivity index (χ1) is 13.8. The van der Waals surface area contributed by atoms with Crippen LogP contribution >= 0.6 is 0 Å². The smallest absolute Gasteiger partial charge is 0.256 e. The van der Waals surface area contributed by atoms with E-state index in [-0.39, 0.29) is 23.7 Å². The van der Waals surface area contributed by atoms with E-state index in [0.29, 0.717) is 30.6 Å². The van der Waals surface area contributed by atoms with E-state index in [4.69, 9.17) is 0 Å². The molecule has 1 atom stereocenters. The number of nitrogens with one attached hydrogen (secondary N) is 1. The number of anilines is 2. The largest absolute Gasteiger partial charge is 0.327 e. The maximum Gasteiger partial charge on any atom is 0.256 e. The fraction of sp³-hybridized carbons (Fsp3) is 0.286. The molecule has 4 rings (SSSR count). The Morgan fingerprint density at radius 1 is 1.14 bits per heavy atom. The molecule has 0 saturated carbocycles. The van der Waals surface area contributed by atoms with Crippen LogP contribution < -0.4 is 10.2 Å². The van der Waals surface area contributed by atoms with Gasteiger partial charge in [0.2, 0.25) is 11.8 Å². The Kier molecular flexibility index (Phi) is 4.77. The minimum Gasteiger partial charge on any atom is -0.327 e. The number of benzene rings is 2. The maximum absolute atomic E-state index is 13.8. The number of halogens is 2. The molecule has 0 radical (unpaired) electrons. The van der Waals surface area contributed by atoms with E-state index in [1.165, 1.54) is 34.1 Å². The Bertz CT molecular complexity index is 1020. The maximum atomic E-state index is 13.8. The first-order valence-electron chi connectivity index (χ1n) is 9.33. The molecule has 0 aliphatic carbocycles. The fourth-order valence-corrected chi connectivity index (χ4v) is 3.90. The zero-order valence-corrected chi connectivity index (χ0v) is 15.7. The van der Waals surface area contributed by atoms with Gasteiger partial charge in [-0.1, -0.05) is 0 Å². The van der Waals surface area contributed by atoms with Gasteiger partial charge in [0.05, 0.1) is 11.3 Å². The highest BCUT2D eigenvalue weighted by molar-refractivity contribution is 6.13. The standard InChI is InChI=1S/C21H19F2N3O3/c1-12-9-13(22)4-6-16(12)24-19(27)11-26-17-7-5-14(23)10-15(17)20(28)25-8-2-3-18(25)21(26)29/h4-7,9-10,18H,2-3,8,11H2,1H3,(H,24,27)/t18-/m1/s1. The third-order valence-electron chi connectivity index (χ3n) is 5.31. The van der Waals surface area contributed by atoms with Gasteiger partial charge in [-0.3, -0.25) is 14.4 Å². The lowest BCUT2D eigenvalue weighted by atomic mass is 10.1. The van der Waals surface area contributed by atoms with Crippen molar-refractivity contribution < 1.29 is 23.2 Å². The van der Waals surface area contributed by atoms with Gasteiger partial charge in [-0.05, 0) is 61.7 Å². The minimum absolute atomic E-state index is 0.0634. The third kappa shape index (κ3) is 3.46. The molecule has 0 bridgehead atoms. The highest BCUT2D eigenvalue weighted by atomic mass is 19.1. The number of carbonyl (C=O) groups excluding carboxylic acids is 3. The molecule has 8 heteroatoms. The Labute approximate surface area is 166 Å². The number of amides is 3. The highest BCUT2D eigenvalue weighted by Crippen LogP contribution is 2.33. The number of nitrogens with zero attached hydrogens (tertiary/aromatic N) is 2. The highest BCUT2D eigenvalue weighted by Gasteiger charge is 2.42. The summed E-state index contributed by atoms with van der Waals surface area (Å²) in [4.78, 5) is 41.3. The lowest BCUT2D eigenvalue weighted by Crippen LogP contribution is -2.47. The quantitative estimate of drug-likeness (QED) is 0.863. The molecule has 150 valence electrons. The summed E-state index contributed by atoms with van der Waals surface area (Å²) in [5.74, 6) is -2.28. The zero-order valence-electron chi connectivity index (χ0n) is 15.7. The van der Waals surface area contributed by atoms with E-state index in [2.05, 4.69) is 5.32 Å². The Balaban J connectivity index is 1.66. The molecule has 29 heavy (non-hydrogen) atoms. The molecule has 2 aliphatic heterocycles. The van der Waals surface area contributed by atoms with Gasteiger partial charge >= 0.3 is 0 Å². The van der Waals surface area contributed by atoms with Crippen LogP contribution in [0.5, 0.6) is 0 Å². The lowest BCUT2D eigenvalue weighted by Gasteiger charge is -2.25. The Morgan fingerprint density at radius 3 is 2.62 bits per heavy atom. The first kappa shape index (κ1) is 19.0. The molecule has 2 aromatic carbocycles. The minimum atomic E-state index is -0.668. The van der Waals surface area contributed by atoms with Gasteiger partial charge in [-0.25, -0.2) is 8.78 Å². The Morgan fingerprint density at radius 2 is 1.86 bits per heavy atom. The molecule has 1 N–H and O–H groups in total. The molecule has 0 aromatic heterocycles. The van der Waals surface area contributed by atoms with Crippen molar-refractivity contribution in [1.29, 1.82) is 0 Å². The van der Waals surface area contributed by atoms with Crippen molar-refractivity contribution in [1.82, 2.24) is 4.90 Å². The van der Waals surface area contributed by atoms with E-state index >= 15 is 0 Å². The summed E-state index contributed by atoms with van der Waals surface area (Å²) in [5.41, 5.74) is 1.24. The predicted octanol–water partition coefficient (Wildman–Crippen LogP) is 2.86. The number of aryl methyl sites for hydroxylation is 1. The fourth-order valence-electron chi connectivity index (χ4n) is 3.90. The Hall–Kier alpha value is -3.29. The van der Waals surface area contributed by atoms with E-state index in [0.717, 1.165) is 12.1 Å². The van der Waals surface area contributed by atoms with Crippen LogP contribution in [0.15, 0.2) is 36.4 Å². The van der Waals surface area contributed by atoms with Gasteiger partial charge in [0, 0.05) is 12.2 Å². The SMILES string of the molecule is Cc1cc(F)ccc1NC(=O)CN1C(=O)[C@H]2CCCN2C(=O)c2cc(F)ccc21. The summed E-state index contributed by atoms with van der Waals surface area (Å²) < 4.78 is 27.1. The second kappa shape index (κ2) is 7.27. The van der Waals surface area contributed by atoms with Crippen LogP contribution in [0.3, 0.4) is 0 Å². The molecule has 3 amide bonds. The molecule has 0 unspecified atom stereocenters. The third-order valence-corrected chi connectivity index (χ3v) is 5.31. The van der Waals surface area contributed by atoms with E-state index < -0.39 is 29.5 Å². The number of fused-ring (bicyclic) bond motifs is 2.